The predicted octanol–water partition coefficient (Wildman–Crippen LogP) is 5.68. The number of carbonyl (C=O) groups is 3. The number of hydrogen-bond acceptors (Lipinski definition) is 6. The van der Waals surface area contributed by atoms with Crippen molar-refractivity contribution in [3.8, 4) is 16.9 Å². The number of nitrogens with one attached hydrogen (secondary N) is 2. The van der Waals surface area contributed by atoms with E-state index in [1.165, 1.54) is 11.3 Å². The number of benzene rings is 3. The smallest absolute Gasteiger partial charge is 0.257 e. The second-order valence-corrected chi connectivity index (χ2v) is 12.3. The van der Waals surface area contributed by atoms with E-state index < -0.39 is 0 Å². The van der Waals surface area contributed by atoms with Gasteiger partial charge in [-0.3, -0.25) is 14.4 Å². The lowest BCUT2D eigenvalue weighted by Gasteiger charge is -2.42. The molecule has 9 heteroatoms. The van der Waals surface area contributed by atoms with E-state index in [2.05, 4.69) is 34.9 Å². The molecule has 3 aromatic carbocycles. The molecule has 3 amide bonds. The summed E-state index contributed by atoms with van der Waals surface area (Å²) >= 11 is 1.53. The molecule has 2 aliphatic heterocycles. The van der Waals surface area contributed by atoms with Crippen molar-refractivity contribution >= 4 is 34.7 Å². The maximum atomic E-state index is 13.5. The van der Waals surface area contributed by atoms with Gasteiger partial charge in [0.2, 0.25) is 11.8 Å². The van der Waals surface area contributed by atoms with E-state index in [1.54, 1.807) is 30.1 Å². The van der Waals surface area contributed by atoms with Crippen LogP contribution in [0.25, 0.3) is 11.1 Å². The van der Waals surface area contributed by atoms with Gasteiger partial charge in [0.15, 0.2) is 0 Å². The molecule has 0 aliphatic carbocycles. The Labute approximate surface area is 261 Å². The average Bonchev–Trinajstić information content (AvgIpc) is 3.55. The Balaban J connectivity index is 1.03. The first-order chi connectivity index (χ1) is 21.4. The van der Waals surface area contributed by atoms with Gasteiger partial charge in [0.05, 0.1) is 30.6 Å². The summed E-state index contributed by atoms with van der Waals surface area (Å²) in [6.45, 7) is 0.700. The molecule has 0 saturated carbocycles. The van der Waals surface area contributed by atoms with Gasteiger partial charge in [-0.15, -0.1) is 11.3 Å². The Morgan fingerprint density at radius 1 is 0.932 bits per heavy atom. The van der Waals surface area contributed by atoms with Gasteiger partial charge in [0, 0.05) is 24.2 Å². The summed E-state index contributed by atoms with van der Waals surface area (Å²) in [7, 11) is 1.77. The van der Waals surface area contributed by atoms with Crippen molar-refractivity contribution in [2.75, 3.05) is 19.0 Å². The Kier molecular flexibility index (Phi) is 9.04. The van der Waals surface area contributed by atoms with Gasteiger partial charge in [0.1, 0.15) is 18.5 Å². The average molecular weight is 610 g/mol. The molecule has 0 radical (unpaired) electrons. The van der Waals surface area contributed by atoms with Crippen LogP contribution in [-0.4, -0.2) is 54.5 Å². The van der Waals surface area contributed by atoms with E-state index in [1.807, 2.05) is 47.8 Å². The van der Waals surface area contributed by atoms with Crippen LogP contribution in [0.4, 0.5) is 5.69 Å². The van der Waals surface area contributed by atoms with Crippen molar-refractivity contribution in [1.29, 1.82) is 0 Å². The summed E-state index contributed by atoms with van der Waals surface area (Å²) in [6, 6.07) is 27.1. The third kappa shape index (κ3) is 7.01. The molecule has 1 fully saturated rings. The van der Waals surface area contributed by atoms with Crippen LogP contribution in [0.15, 0.2) is 90.3 Å². The maximum absolute atomic E-state index is 13.5. The topological polar surface area (TPSA) is 97.0 Å². The maximum Gasteiger partial charge on any atom is 0.257 e. The molecular weight excluding hydrogens is 574 g/mol. The van der Waals surface area contributed by atoms with Gasteiger partial charge in [-0.2, -0.15) is 0 Å². The number of nitrogens with zero attached hydrogens (tertiary/aromatic N) is 1. The number of anilines is 1. The fourth-order valence-electron chi connectivity index (χ4n) is 5.81. The molecule has 0 unspecified atom stereocenters. The van der Waals surface area contributed by atoms with Crippen molar-refractivity contribution in [2.45, 2.75) is 50.5 Å². The molecule has 0 bridgehead atoms. The molecule has 226 valence electrons. The van der Waals surface area contributed by atoms with E-state index in [-0.39, 0.29) is 55.4 Å². The Morgan fingerprint density at radius 3 is 2.50 bits per heavy atom. The summed E-state index contributed by atoms with van der Waals surface area (Å²) in [6.07, 6.45) is 1.25. The van der Waals surface area contributed by atoms with Gasteiger partial charge in [-0.1, -0.05) is 60.7 Å². The molecule has 1 saturated heterocycles. The van der Waals surface area contributed by atoms with Crippen molar-refractivity contribution in [2.24, 2.45) is 0 Å². The number of fused-ring (bicyclic) bond motifs is 2. The first kappa shape index (κ1) is 29.6. The van der Waals surface area contributed by atoms with Crippen LogP contribution in [0.5, 0.6) is 5.75 Å². The number of rotatable bonds is 8. The zero-order chi connectivity index (χ0) is 30.5. The largest absolute Gasteiger partial charge is 0.490 e. The molecule has 1 aromatic heterocycles. The lowest BCUT2D eigenvalue weighted by molar-refractivity contribution is -0.134. The number of thiophene rings is 1. The van der Waals surface area contributed by atoms with Crippen molar-refractivity contribution in [3.05, 3.63) is 106 Å². The molecule has 3 atom stereocenters. The van der Waals surface area contributed by atoms with E-state index in [0.717, 1.165) is 21.6 Å². The van der Waals surface area contributed by atoms with E-state index in [4.69, 9.17) is 9.47 Å². The molecule has 3 heterocycles. The van der Waals surface area contributed by atoms with Crippen LogP contribution in [0, 0.1) is 0 Å². The van der Waals surface area contributed by atoms with E-state index in [0.29, 0.717) is 36.4 Å². The lowest BCUT2D eigenvalue weighted by atomic mass is 9.94. The molecule has 8 nitrogen and oxygen atoms in total. The quantitative estimate of drug-likeness (QED) is 0.268. The molecular formula is C35H35N3O5S. The molecule has 2 aliphatic rings. The van der Waals surface area contributed by atoms with Gasteiger partial charge in [-0.25, -0.2) is 0 Å². The first-order valence-corrected chi connectivity index (χ1v) is 15.7. The third-order valence-electron chi connectivity index (χ3n) is 8.17. The minimum Gasteiger partial charge on any atom is -0.490 e. The van der Waals surface area contributed by atoms with E-state index >= 15 is 0 Å². The monoisotopic (exact) mass is 609 g/mol. The fraction of sp³-hybridized carbons (Fsp3) is 0.286. The highest BCUT2D eigenvalue weighted by molar-refractivity contribution is 7.10. The SMILES string of the molecule is CN1C(=O)c2cc(NC(=O)Cc3cccs3)ccc2OC[C@H]2O[C@H](CC(=O)NCc3ccc(-c4ccccc4)cc3)CC[C@H]21. The van der Waals surface area contributed by atoms with Crippen LogP contribution in [0.1, 0.15) is 40.1 Å². The number of likely N-dealkylation sites (N-methyl/N-ethyl adjacent to an activating group) is 1. The number of ether oxygens (including phenoxy) is 2. The molecule has 6 rings (SSSR count). The minimum atomic E-state index is -0.362. The molecule has 0 spiro atoms. The van der Waals surface area contributed by atoms with Crippen LogP contribution >= 0.6 is 11.3 Å². The minimum absolute atomic E-state index is 0.0734. The third-order valence-corrected chi connectivity index (χ3v) is 9.05. The Hall–Kier alpha value is -4.47. The Bertz CT molecular complexity index is 1610. The van der Waals surface area contributed by atoms with Crippen LogP contribution in [-0.2, 0) is 27.3 Å². The van der Waals surface area contributed by atoms with Crippen molar-refractivity contribution in [3.63, 3.8) is 0 Å². The van der Waals surface area contributed by atoms with Crippen molar-refractivity contribution < 1.29 is 23.9 Å². The first-order valence-electron chi connectivity index (χ1n) is 14.9. The van der Waals surface area contributed by atoms with Crippen LogP contribution < -0.4 is 15.4 Å². The van der Waals surface area contributed by atoms with Gasteiger partial charge >= 0.3 is 0 Å². The molecule has 2 N–H and O–H groups in total. The van der Waals surface area contributed by atoms with Crippen LogP contribution in [0.2, 0.25) is 0 Å². The fourth-order valence-corrected chi connectivity index (χ4v) is 6.51. The number of amides is 3. The van der Waals surface area contributed by atoms with Crippen molar-refractivity contribution in [1.82, 2.24) is 10.2 Å². The normalized spacial score (nSPS) is 19.5. The zero-order valence-corrected chi connectivity index (χ0v) is 25.3. The lowest BCUT2D eigenvalue weighted by Crippen LogP contribution is -2.53. The summed E-state index contributed by atoms with van der Waals surface area (Å²) in [5.74, 6) is 0.0352. The summed E-state index contributed by atoms with van der Waals surface area (Å²) < 4.78 is 12.4. The zero-order valence-electron chi connectivity index (χ0n) is 24.5. The highest BCUT2D eigenvalue weighted by atomic mass is 32.1. The number of carbonyl (C=O) groups excluding carboxylic acids is 3. The molecule has 44 heavy (non-hydrogen) atoms. The predicted molar refractivity (Wildman–Crippen MR) is 171 cm³/mol. The molecule has 4 aromatic rings. The Morgan fingerprint density at radius 2 is 1.73 bits per heavy atom. The highest BCUT2D eigenvalue weighted by Gasteiger charge is 2.39. The summed E-state index contributed by atoms with van der Waals surface area (Å²) in [5.41, 5.74) is 4.27. The second-order valence-electron chi connectivity index (χ2n) is 11.2. The second kappa shape index (κ2) is 13.4. The van der Waals surface area contributed by atoms with Crippen LogP contribution in [0.3, 0.4) is 0 Å². The highest BCUT2D eigenvalue weighted by Crippen LogP contribution is 2.32. The van der Waals surface area contributed by atoms with Gasteiger partial charge in [-0.05, 0) is 59.2 Å². The number of hydrogen-bond donors (Lipinski definition) is 2. The standard InChI is InChI=1S/C35H35N3O5S/c1-38-30-15-14-27(19-33(39)36-21-23-9-11-25(12-10-23)24-6-3-2-4-7-24)43-32(30)22-42-31-16-13-26(18-29(31)35(38)41)37-34(40)20-28-8-5-17-44-28/h2-13,16-18,27,30,32H,14-15,19-22H2,1H3,(H,36,39)(H,37,40)/t27-,30+,32+/m0/s1. The summed E-state index contributed by atoms with van der Waals surface area (Å²) in [4.78, 5) is 41.5. The van der Waals surface area contributed by atoms with E-state index in [9.17, 15) is 14.4 Å². The summed E-state index contributed by atoms with van der Waals surface area (Å²) in [5, 5.41) is 7.84. The van der Waals surface area contributed by atoms with Gasteiger partial charge < -0.3 is 25.0 Å². The van der Waals surface area contributed by atoms with Gasteiger partial charge in [0.25, 0.3) is 5.91 Å².